The van der Waals surface area contributed by atoms with Crippen molar-refractivity contribution in [2.45, 2.75) is 19.6 Å². The summed E-state index contributed by atoms with van der Waals surface area (Å²) < 4.78 is 1.67. The maximum absolute atomic E-state index is 13.6. The number of primary amides is 1. The molecule has 160 valence electrons. The minimum absolute atomic E-state index is 0.110. The number of nitrogens with two attached hydrogens (primary N) is 2. The zero-order valence-corrected chi connectivity index (χ0v) is 17.3. The molecule has 2 unspecified atom stereocenters. The van der Waals surface area contributed by atoms with Crippen molar-refractivity contribution in [3.63, 3.8) is 0 Å². The van der Waals surface area contributed by atoms with E-state index < -0.39 is 18.0 Å². The lowest BCUT2D eigenvalue weighted by Gasteiger charge is -2.27. The van der Waals surface area contributed by atoms with Gasteiger partial charge in [-0.05, 0) is 36.1 Å². The van der Waals surface area contributed by atoms with E-state index in [0.29, 0.717) is 11.1 Å². The number of pyridine rings is 1. The third kappa shape index (κ3) is 3.06. The lowest BCUT2D eigenvalue weighted by atomic mass is 9.98. The molecule has 2 atom stereocenters. The third-order valence-corrected chi connectivity index (χ3v) is 5.80. The van der Waals surface area contributed by atoms with Crippen LogP contribution in [0.2, 0.25) is 0 Å². The number of rotatable bonds is 4. The van der Waals surface area contributed by atoms with E-state index in [0.717, 1.165) is 16.6 Å². The van der Waals surface area contributed by atoms with Gasteiger partial charge in [-0.1, -0.05) is 36.4 Å². The summed E-state index contributed by atoms with van der Waals surface area (Å²) in [4.78, 5) is 34.0. The Kier molecular flexibility index (Phi) is 4.58. The van der Waals surface area contributed by atoms with Crippen molar-refractivity contribution in [1.29, 1.82) is 0 Å². The minimum atomic E-state index is -0.674. The highest BCUT2D eigenvalue weighted by Gasteiger charge is 2.43. The molecule has 32 heavy (non-hydrogen) atoms. The molecule has 2 aromatic carbocycles. The smallest absolute Gasteiger partial charge is 0.265 e. The molecule has 1 aromatic heterocycles. The second kappa shape index (κ2) is 7.45. The number of aromatic nitrogens is 1. The minimum Gasteiger partial charge on any atom is -0.386 e. The second-order valence-electron chi connectivity index (χ2n) is 7.81. The summed E-state index contributed by atoms with van der Waals surface area (Å²) in [7, 11) is 0. The lowest BCUT2D eigenvalue weighted by molar-refractivity contribution is -0.112. The molecule has 0 fully saturated rings. The van der Waals surface area contributed by atoms with E-state index in [-0.39, 0.29) is 23.7 Å². The number of aliphatic imine (C=N–C) groups is 2. The van der Waals surface area contributed by atoms with Gasteiger partial charge in [0.05, 0.1) is 11.9 Å². The molecule has 3 heterocycles. The summed E-state index contributed by atoms with van der Waals surface area (Å²) in [6.07, 6.45) is 0.805. The van der Waals surface area contributed by atoms with Crippen LogP contribution in [0.5, 0.6) is 0 Å². The summed E-state index contributed by atoms with van der Waals surface area (Å²) in [5.74, 6) is -1.05. The molecule has 2 aliphatic rings. The molecular formula is C23H21N7O2. The van der Waals surface area contributed by atoms with Gasteiger partial charge in [-0.3, -0.25) is 19.2 Å². The van der Waals surface area contributed by atoms with Crippen LogP contribution in [0, 0.1) is 12.8 Å². The molecule has 0 saturated carbocycles. The molecule has 9 nitrogen and oxygen atoms in total. The Balaban J connectivity index is 1.68. The van der Waals surface area contributed by atoms with Crippen LogP contribution in [-0.2, 0) is 11.3 Å². The summed E-state index contributed by atoms with van der Waals surface area (Å²) in [6, 6.07) is 17.1. The highest BCUT2D eigenvalue weighted by atomic mass is 16.1. The molecule has 0 bridgehead atoms. The average molecular weight is 427 g/mol. The highest BCUT2D eigenvalue weighted by Crippen LogP contribution is 2.28. The van der Waals surface area contributed by atoms with E-state index in [1.807, 2.05) is 61.5 Å². The van der Waals surface area contributed by atoms with Crippen molar-refractivity contribution in [1.82, 2.24) is 9.58 Å². The van der Waals surface area contributed by atoms with Crippen molar-refractivity contribution in [2.24, 2.45) is 32.5 Å². The predicted molar refractivity (Wildman–Crippen MR) is 124 cm³/mol. The van der Waals surface area contributed by atoms with Gasteiger partial charge in [0, 0.05) is 11.4 Å². The van der Waals surface area contributed by atoms with Gasteiger partial charge in [-0.2, -0.15) is 5.10 Å². The monoisotopic (exact) mass is 427 g/mol. The van der Waals surface area contributed by atoms with Gasteiger partial charge in [0.2, 0.25) is 0 Å². The molecule has 3 aromatic rings. The molecule has 0 aliphatic carbocycles. The van der Waals surface area contributed by atoms with Gasteiger partial charge in [0.25, 0.3) is 11.5 Å². The number of para-hydroxylation sites is 1. The molecule has 5 rings (SSSR count). The first kappa shape index (κ1) is 19.7. The number of fused-ring (bicyclic) bond motifs is 2. The van der Waals surface area contributed by atoms with E-state index in [2.05, 4.69) is 15.1 Å². The topological polar surface area (TPSA) is 131 Å². The molecule has 4 N–H and O–H groups in total. The molecular weight excluding hydrogens is 406 g/mol. The normalized spacial score (nSPS) is 19.6. The van der Waals surface area contributed by atoms with E-state index >= 15 is 0 Å². The Morgan fingerprint density at radius 1 is 1.12 bits per heavy atom. The van der Waals surface area contributed by atoms with Gasteiger partial charge in [0.1, 0.15) is 23.8 Å². The number of amides is 1. The SMILES string of the molecule is Cc1cccc2cc(CN3N=C(C(N)=O)C4C(N)=NC=NC43)n(-c3ccccc3)c(=O)c12. The van der Waals surface area contributed by atoms with E-state index in [1.54, 1.807) is 9.58 Å². The molecule has 1 amide bonds. The Labute approximate surface area is 183 Å². The van der Waals surface area contributed by atoms with Crippen LogP contribution >= 0.6 is 0 Å². The number of hydrogen-bond acceptors (Lipinski definition) is 7. The van der Waals surface area contributed by atoms with Crippen LogP contribution in [0.25, 0.3) is 16.5 Å². The largest absolute Gasteiger partial charge is 0.386 e. The van der Waals surface area contributed by atoms with Crippen molar-refractivity contribution in [2.75, 3.05) is 0 Å². The molecule has 0 spiro atoms. The number of hydrogen-bond donors (Lipinski definition) is 2. The Morgan fingerprint density at radius 2 is 1.91 bits per heavy atom. The predicted octanol–water partition coefficient (Wildman–Crippen LogP) is 1.30. The molecule has 0 saturated heterocycles. The van der Waals surface area contributed by atoms with E-state index in [4.69, 9.17) is 11.5 Å². The zero-order valence-electron chi connectivity index (χ0n) is 17.3. The summed E-state index contributed by atoms with van der Waals surface area (Å²) in [5, 5.41) is 7.56. The summed E-state index contributed by atoms with van der Waals surface area (Å²) in [6.45, 7) is 2.14. The lowest BCUT2D eigenvalue weighted by Crippen LogP contribution is -2.45. The summed E-state index contributed by atoms with van der Waals surface area (Å²) in [5.41, 5.74) is 13.9. The highest BCUT2D eigenvalue weighted by molar-refractivity contribution is 6.43. The van der Waals surface area contributed by atoms with Crippen LogP contribution < -0.4 is 17.0 Å². The number of nitrogens with zero attached hydrogens (tertiary/aromatic N) is 5. The van der Waals surface area contributed by atoms with Gasteiger partial charge in [-0.25, -0.2) is 9.98 Å². The first-order chi connectivity index (χ1) is 15.5. The first-order valence-corrected chi connectivity index (χ1v) is 10.1. The second-order valence-corrected chi connectivity index (χ2v) is 7.81. The molecule has 9 heteroatoms. The van der Waals surface area contributed by atoms with Crippen molar-refractivity contribution in [3.8, 4) is 5.69 Å². The van der Waals surface area contributed by atoms with E-state index in [9.17, 15) is 9.59 Å². The van der Waals surface area contributed by atoms with Crippen LogP contribution in [0.15, 0.2) is 74.5 Å². The molecule has 2 aliphatic heterocycles. The molecule has 0 radical (unpaired) electrons. The van der Waals surface area contributed by atoms with Crippen LogP contribution in [-0.4, -0.2) is 39.5 Å². The maximum atomic E-state index is 13.6. The quantitative estimate of drug-likeness (QED) is 0.649. The Hall–Kier alpha value is -4.27. The standard InChI is InChI=1S/C23H21N7O2/c1-13-6-5-7-14-10-16(30(23(32)17(13)14)15-8-3-2-4-9-15)11-29-22-18(19(28-29)21(25)31)20(24)26-12-27-22/h2-10,12,18,22H,11H2,1H3,(H2,25,31)(H2,24,26,27). The maximum Gasteiger partial charge on any atom is 0.265 e. The number of carbonyl (C=O) groups is 1. The van der Waals surface area contributed by atoms with Gasteiger partial charge in [0.15, 0.2) is 6.17 Å². The number of carbonyl (C=O) groups excluding carboxylic acids is 1. The van der Waals surface area contributed by atoms with Crippen molar-refractivity contribution in [3.05, 3.63) is 76.2 Å². The third-order valence-electron chi connectivity index (χ3n) is 5.80. The van der Waals surface area contributed by atoms with Crippen molar-refractivity contribution < 1.29 is 4.79 Å². The van der Waals surface area contributed by atoms with Crippen molar-refractivity contribution >= 4 is 34.6 Å². The van der Waals surface area contributed by atoms with E-state index in [1.165, 1.54) is 6.34 Å². The van der Waals surface area contributed by atoms with Gasteiger partial charge < -0.3 is 11.5 Å². The van der Waals surface area contributed by atoms with Crippen LogP contribution in [0.1, 0.15) is 11.3 Å². The van der Waals surface area contributed by atoms with Crippen LogP contribution in [0.3, 0.4) is 0 Å². The number of hydrazone groups is 1. The number of benzene rings is 2. The summed E-state index contributed by atoms with van der Waals surface area (Å²) >= 11 is 0. The van der Waals surface area contributed by atoms with Gasteiger partial charge >= 0.3 is 0 Å². The number of aryl methyl sites for hydroxylation is 1. The fraction of sp³-hybridized carbons (Fsp3) is 0.174. The van der Waals surface area contributed by atoms with Gasteiger partial charge in [-0.15, -0.1) is 0 Å². The van der Waals surface area contributed by atoms with Crippen LogP contribution in [0.4, 0.5) is 0 Å². The number of amidine groups is 1. The fourth-order valence-electron chi connectivity index (χ4n) is 4.34. The Morgan fingerprint density at radius 3 is 2.66 bits per heavy atom. The Bertz CT molecular complexity index is 1390. The average Bonchev–Trinajstić information content (AvgIpc) is 3.14. The fourth-order valence-corrected chi connectivity index (χ4v) is 4.34. The zero-order chi connectivity index (χ0) is 22.4. The first-order valence-electron chi connectivity index (χ1n) is 10.1.